The Balaban J connectivity index is 0.000000142. The van der Waals surface area contributed by atoms with E-state index in [0.29, 0.717) is 171 Å². The van der Waals surface area contributed by atoms with E-state index in [4.69, 9.17) is 80.1 Å². The molecular formula is C107H124ClFN12O21. The molecule has 8 N–H and O–H groups in total. The third-order valence-corrected chi connectivity index (χ3v) is 26.7. The largest absolute Gasteiger partial charge is 0.497 e. The summed E-state index contributed by atoms with van der Waals surface area (Å²) in [6.45, 7) is 25.4. The number of β-amino-alcohol motifs (C(OH)–C–C–N with tert-alkyl or cyclic N) is 4. The molecule has 4 fully saturated rings. The highest BCUT2D eigenvalue weighted by molar-refractivity contribution is 6.30. The first kappa shape index (κ1) is 103. The number of benzene rings is 8. The van der Waals surface area contributed by atoms with Crippen molar-refractivity contribution >= 4 is 55.5 Å². The van der Waals surface area contributed by atoms with Gasteiger partial charge in [-0.15, -0.1) is 40.8 Å². The van der Waals surface area contributed by atoms with Gasteiger partial charge in [0.05, 0.1) is 42.9 Å². The maximum atomic E-state index is 13.9. The van der Waals surface area contributed by atoms with Gasteiger partial charge in [-0.3, -0.25) is 0 Å². The highest BCUT2D eigenvalue weighted by atomic mass is 35.5. The van der Waals surface area contributed by atoms with Crippen LogP contribution in [-0.2, 0) is 0 Å². The SMILES string of the molecule is COc1cc(C)c(C2CCN(CC(O)COc3cccc4oc(-c5nnc(C)o5)cc34)CC2)c(OC)c1.COc1cccc(C)c1C1CCN(CC(O)COc2cccc3oc(-c4nnc(C)o4)cc23)CC1.Cc1nnc(-c2cc3c(OCC(O)CN4CCC(c5ccc(C)c(F)c5)CC4)cccc3o2)o1.Cc1nnc(-c2cc3c(OCC(O)CN4CCC(c5ccc(Cl)cc5C)CC4)cccc3o2)o1.O.O. The minimum absolute atomic E-state index is 0. The molecule has 0 saturated carbocycles. The van der Waals surface area contributed by atoms with E-state index in [9.17, 15) is 24.8 Å². The monoisotopic (exact) mass is 1970 g/mol. The molecule has 0 spiro atoms. The molecule has 4 aliphatic rings. The Morgan fingerprint density at radius 2 is 0.662 bits per heavy atom. The zero-order valence-corrected chi connectivity index (χ0v) is 82.5. The number of halogens is 2. The Bertz CT molecular complexity index is 6810. The lowest BCUT2D eigenvalue weighted by Gasteiger charge is -2.34. The lowest BCUT2D eigenvalue weighted by atomic mass is 9.86. The molecule has 4 unspecified atom stereocenters. The standard InChI is InChI=1S/C28H33N3O6.C27H31N3O5.C26H28ClN3O4.C26H28FN3O4.2H2O/c1-17-12-21(33-3)13-25(34-4)27(17)19-8-10-31(11-9-19)15-20(32)16-35-23-6-5-7-24-22(23)14-26(37-24)28-30-29-18(2)36-28;1-17-6-4-9-24(32-3)26(17)19-10-12-30(13-11-19)15-20(31)16-33-22-7-5-8-23-21(22)14-25(35-23)27-29-28-18(2)34-27;1-16-12-19(27)6-7-21(16)18-8-10-30(11-9-18)14-20(31)15-32-23-4-3-5-24-22(23)13-25(34-24)26-29-28-17(2)33-26;1-16-6-7-19(12-22(16)27)18-8-10-30(11-9-18)14-20(31)15-32-23-4-3-5-24-21(23)13-25(34-24)26-29-28-17(2)33-26;;/h5-7,12-14,19-20,32H,8-11,15-16H2,1-4H3;4-9,14,19-20,31H,10-13,15-16H2,1-3H3;2*3-7,12-13,18,20,31H,8-11,14-15H2,1-2H3;2*1H2. The van der Waals surface area contributed by atoms with Crippen molar-refractivity contribution in [2.24, 2.45) is 0 Å². The van der Waals surface area contributed by atoms with Crippen LogP contribution in [0.5, 0.6) is 40.2 Å². The Morgan fingerprint density at radius 3 is 0.986 bits per heavy atom. The zero-order chi connectivity index (χ0) is 97.6. The first-order valence-electron chi connectivity index (χ1n) is 47.7. The quantitative estimate of drug-likeness (QED) is 0.0313. The van der Waals surface area contributed by atoms with Crippen molar-refractivity contribution in [2.45, 2.75) is 155 Å². The molecule has 4 atom stereocenters. The fourth-order valence-corrected chi connectivity index (χ4v) is 19.6. The number of nitrogens with zero attached hydrogens (tertiary/aromatic N) is 12. The Hall–Kier alpha value is -13.1. The summed E-state index contributed by atoms with van der Waals surface area (Å²) in [5.74, 6) is 12.0. The number of aromatic nitrogens is 8. The second kappa shape index (κ2) is 47.7. The topological polar surface area (TPSA) is 430 Å². The van der Waals surface area contributed by atoms with Crippen molar-refractivity contribution in [1.82, 2.24) is 60.4 Å². The van der Waals surface area contributed by atoms with Gasteiger partial charge in [-0.25, -0.2) is 4.39 Å². The summed E-state index contributed by atoms with van der Waals surface area (Å²) in [5.41, 5.74) is 12.1. The van der Waals surface area contributed by atoms with Crippen LogP contribution in [0.1, 0.15) is 143 Å². The lowest BCUT2D eigenvalue weighted by molar-refractivity contribution is 0.0597. The van der Waals surface area contributed by atoms with Crippen LogP contribution in [0.3, 0.4) is 0 Å². The molecule has 16 aromatic rings. The third-order valence-electron chi connectivity index (χ3n) is 26.4. The van der Waals surface area contributed by atoms with Gasteiger partial charge in [-0.05, 0) is 267 Å². The van der Waals surface area contributed by atoms with Gasteiger partial charge in [0, 0.05) is 100 Å². The number of methoxy groups -OCH3 is 3. The van der Waals surface area contributed by atoms with Gasteiger partial charge in [-0.2, -0.15) is 0 Å². The maximum absolute atomic E-state index is 13.9. The van der Waals surface area contributed by atoms with Crippen LogP contribution in [0.25, 0.3) is 90.5 Å². The number of furan rings is 4. The number of likely N-dealkylation sites (tertiary alicyclic amines) is 4. The minimum Gasteiger partial charge on any atom is -0.497 e. The van der Waals surface area contributed by atoms with E-state index in [1.165, 1.54) is 33.4 Å². The molecule has 8 aromatic heterocycles. The summed E-state index contributed by atoms with van der Waals surface area (Å²) >= 11 is 6.11. The highest BCUT2D eigenvalue weighted by Crippen LogP contribution is 2.44. The van der Waals surface area contributed by atoms with Gasteiger partial charge in [-0.1, -0.05) is 66.2 Å². The first-order chi connectivity index (χ1) is 67.9. The van der Waals surface area contributed by atoms with Crippen molar-refractivity contribution in [3.05, 3.63) is 243 Å². The van der Waals surface area contributed by atoms with Gasteiger partial charge in [0.15, 0.2) is 23.0 Å². The lowest BCUT2D eigenvalue weighted by Crippen LogP contribution is -2.40. The third kappa shape index (κ3) is 25.5. The fraction of sp³-hybridized carbons (Fsp3) is 0.402. The number of piperidine rings is 4. The molecule has 0 aliphatic carbocycles. The first-order valence-corrected chi connectivity index (χ1v) is 48.1. The normalized spacial score (nSPS) is 15.8. The molecule has 35 heteroatoms. The molecule has 33 nitrogen and oxygen atoms in total. The van der Waals surface area contributed by atoms with E-state index in [-0.39, 0.29) is 43.2 Å². The maximum Gasteiger partial charge on any atom is 0.283 e. The molecule has 8 aromatic carbocycles. The molecule has 4 aliphatic heterocycles. The van der Waals surface area contributed by atoms with Crippen molar-refractivity contribution in [3.63, 3.8) is 0 Å². The van der Waals surface area contributed by atoms with Crippen LogP contribution >= 0.6 is 11.6 Å². The number of hydrogen-bond acceptors (Lipinski definition) is 31. The molecule has 0 radical (unpaired) electrons. The molecule has 12 heterocycles. The van der Waals surface area contributed by atoms with E-state index >= 15 is 0 Å². The van der Waals surface area contributed by atoms with E-state index < -0.39 is 24.4 Å². The van der Waals surface area contributed by atoms with Crippen molar-refractivity contribution in [1.29, 1.82) is 0 Å². The summed E-state index contributed by atoms with van der Waals surface area (Å²) in [5, 5.41) is 78.1. The van der Waals surface area contributed by atoms with E-state index in [0.717, 1.165) is 153 Å². The summed E-state index contributed by atoms with van der Waals surface area (Å²) in [6.07, 6.45) is 5.70. The average Bonchev–Trinajstić information content (AvgIpc) is 1.64. The number of rotatable bonds is 31. The van der Waals surface area contributed by atoms with E-state index in [1.807, 2.05) is 140 Å². The zero-order valence-electron chi connectivity index (χ0n) is 81.7. The molecule has 0 bridgehead atoms. The number of aliphatic hydroxyl groups is 4. The van der Waals surface area contributed by atoms with Gasteiger partial charge >= 0.3 is 0 Å². The molecular weight excluding hydrogens is 1840 g/mol. The fourth-order valence-electron chi connectivity index (χ4n) is 19.3. The van der Waals surface area contributed by atoms with Gasteiger partial charge in [0.25, 0.3) is 23.6 Å². The van der Waals surface area contributed by atoms with Crippen molar-refractivity contribution in [2.75, 3.05) is 126 Å². The summed E-state index contributed by atoms with van der Waals surface area (Å²) in [7, 11) is 5.12. The minimum atomic E-state index is -0.631. The second-order valence-corrected chi connectivity index (χ2v) is 37.0. The van der Waals surface area contributed by atoms with Crippen molar-refractivity contribution < 1.29 is 104 Å². The van der Waals surface area contributed by atoms with Gasteiger partial charge < -0.3 is 119 Å². The molecule has 4 saturated heterocycles. The number of aliphatic hydroxyl groups excluding tert-OH is 4. The van der Waals surface area contributed by atoms with Crippen LogP contribution < -0.4 is 33.2 Å². The number of aryl methyl sites for hydroxylation is 8. The van der Waals surface area contributed by atoms with Gasteiger partial charge in [0.2, 0.25) is 23.6 Å². The van der Waals surface area contributed by atoms with E-state index in [1.54, 1.807) is 62.0 Å². The van der Waals surface area contributed by atoms with Crippen LogP contribution in [0.2, 0.25) is 5.02 Å². The Morgan fingerprint density at radius 1 is 0.331 bits per heavy atom. The summed E-state index contributed by atoms with van der Waals surface area (Å²) in [6, 6.07) is 51.6. The summed E-state index contributed by atoms with van der Waals surface area (Å²) < 4.78 is 99.8. The van der Waals surface area contributed by atoms with Crippen LogP contribution in [0.4, 0.5) is 4.39 Å². The van der Waals surface area contributed by atoms with Crippen LogP contribution in [0.15, 0.2) is 199 Å². The molecule has 752 valence electrons. The molecule has 0 amide bonds. The second-order valence-electron chi connectivity index (χ2n) is 36.5. The number of hydrogen-bond donors (Lipinski definition) is 4. The summed E-state index contributed by atoms with van der Waals surface area (Å²) in [4.78, 5) is 9.15. The molecule has 142 heavy (non-hydrogen) atoms. The smallest absolute Gasteiger partial charge is 0.283 e. The van der Waals surface area contributed by atoms with Crippen molar-refractivity contribution in [3.8, 4) is 86.9 Å². The number of ether oxygens (including phenoxy) is 7. The van der Waals surface area contributed by atoms with Crippen LogP contribution in [-0.4, -0.2) is 242 Å². The highest BCUT2D eigenvalue weighted by Gasteiger charge is 2.32. The predicted octanol–water partition coefficient (Wildman–Crippen LogP) is 18.0. The average molecular weight is 1970 g/mol. The molecule has 20 rings (SSSR count). The van der Waals surface area contributed by atoms with Crippen LogP contribution in [0, 0.1) is 61.2 Å². The Labute approximate surface area is 826 Å². The Kier molecular flexibility index (Phi) is 34.7. The predicted molar refractivity (Wildman–Crippen MR) is 533 cm³/mol. The number of fused-ring (bicyclic) bond motifs is 4. The van der Waals surface area contributed by atoms with Gasteiger partial charge in [0.1, 0.15) is 119 Å². The van der Waals surface area contributed by atoms with E-state index in [2.05, 4.69) is 99.4 Å².